The lowest BCUT2D eigenvalue weighted by molar-refractivity contribution is -0.114. The van der Waals surface area contributed by atoms with E-state index in [4.69, 9.17) is 4.74 Å². The van der Waals surface area contributed by atoms with Crippen LogP contribution in [-0.4, -0.2) is 185 Å². The quantitative estimate of drug-likeness (QED) is 0.0396. The normalized spacial score (nSPS) is 14.0. The van der Waals surface area contributed by atoms with E-state index in [1.54, 1.807) is 55.0 Å². The van der Waals surface area contributed by atoms with Crippen molar-refractivity contribution in [2.24, 2.45) is 0 Å². The summed E-state index contributed by atoms with van der Waals surface area (Å²) in [6, 6.07) is 56.7. The lowest BCUT2D eigenvalue weighted by Crippen LogP contribution is -2.48. The first-order valence-electron chi connectivity index (χ1n) is 39.0. The summed E-state index contributed by atoms with van der Waals surface area (Å²) in [5.41, 5.74) is 21.7. The van der Waals surface area contributed by atoms with E-state index in [0.717, 1.165) is 160 Å². The molecule has 3 fully saturated rings. The van der Waals surface area contributed by atoms with E-state index < -0.39 is 9.84 Å². The highest BCUT2D eigenvalue weighted by Crippen LogP contribution is 2.35. The average molecular weight is 1600 g/mol. The molecule has 3 saturated heterocycles. The number of carbonyl (C=O) groups excluding carboxylic acids is 1. The summed E-state index contributed by atoms with van der Waals surface area (Å²) in [5, 5.41) is 30.2. The van der Waals surface area contributed by atoms with Gasteiger partial charge in [-0.1, -0.05) is 12.1 Å². The molecule has 0 spiro atoms. The highest BCUT2D eigenvalue weighted by Gasteiger charge is 2.22. The van der Waals surface area contributed by atoms with Crippen molar-refractivity contribution < 1.29 is 22.3 Å². The molecule has 1 amide bonds. The maximum absolute atomic E-state index is 14.7. The summed E-state index contributed by atoms with van der Waals surface area (Å²) in [6.45, 7) is 17.4. The molecule has 600 valence electrons. The van der Waals surface area contributed by atoms with Crippen LogP contribution in [0.5, 0.6) is 0 Å². The first-order valence-corrected chi connectivity index (χ1v) is 40.9. The second-order valence-electron chi connectivity index (χ2n) is 29.2. The molecule has 30 heteroatoms. The van der Waals surface area contributed by atoms with Gasteiger partial charge in [-0.05, 0) is 184 Å². The number of carbonyl (C=O) groups is 1. The summed E-state index contributed by atoms with van der Waals surface area (Å²) in [5.74, 6) is -0.388. The number of halogens is 1. The average Bonchev–Trinajstić information content (AvgIpc) is 1.63. The van der Waals surface area contributed by atoms with Gasteiger partial charge in [0.2, 0.25) is 11.5 Å². The number of hydrogen-bond acceptors (Lipinski definition) is 20. The van der Waals surface area contributed by atoms with Crippen LogP contribution in [0.2, 0.25) is 0 Å². The Hall–Kier alpha value is -13.9. The number of anilines is 12. The van der Waals surface area contributed by atoms with E-state index in [2.05, 4.69) is 194 Å². The van der Waals surface area contributed by atoms with Crippen molar-refractivity contribution in [1.82, 2.24) is 72.7 Å². The fourth-order valence-electron chi connectivity index (χ4n) is 14.8. The number of ether oxygens (including phenoxy) is 1. The van der Waals surface area contributed by atoms with Crippen molar-refractivity contribution >= 4 is 107 Å². The number of sulfone groups is 1. The van der Waals surface area contributed by atoms with E-state index in [0.29, 0.717) is 49.4 Å². The van der Waals surface area contributed by atoms with Gasteiger partial charge in [-0.2, -0.15) is 10.2 Å². The van der Waals surface area contributed by atoms with E-state index in [-0.39, 0.29) is 22.2 Å². The fraction of sp³-hybridized carbons (Fsp3) is 0.205. The fourth-order valence-corrected chi connectivity index (χ4v) is 15.5. The van der Waals surface area contributed by atoms with E-state index >= 15 is 0 Å². The third-order valence-electron chi connectivity index (χ3n) is 21.1. The molecule has 0 unspecified atom stereocenters. The minimum Gasteiger partial charge on any atom is -0.378 e. The molecule has 0 saturated carbocycles. The number of piperazine rings is 2. The Bertz CT molecular complexity index is 6290. The number of imidazole rings is 4. The van der Waals surface area contributed by atoms with Gasteiger partial charge in [0.1, 0.15) is 5.82 Å². The maximum Gasteiger partial charge on any atom is 0.248 e. The van der Waals surface area contributed by atoms with Crippen LogP contribution in [-0.2, 0) is 19.4 Å². The number of hydrogen-bond donors (Lipinski definition) is 8. The molecule has 8 N–H and O–H groups in total. The van der Waals surface area contributed by atoms with E-state index in [1.807, 2.05) is 136 Å². The summed E-state index contributed by atoms with van der Waals surface area (Å²) < 4.78 is 51.4. The molecule has 19 rings (SSSR count). The monoisotopic (exact) mass is 1600 g/mol. The van der Waals surface area contributed by atoms with Crippen molar-refractivity contribution in [2.75, 3.05) is 133 Å². The Labute approximate surface area is 680 Å². The Morgan fingerprint density at radius 1 is 0.466 bits per heavy atom. The first kappa shape index (κ1) is 78.0. The number of fused-ring (bicyclic) bond motifs is 4. The number of pyridine rings is 5. The van der Waals surface area contributed by atoms with Crippen molar-refractivity contribution in [3.63, 3.8) is 0 Å². The largest absolute Gasteiger partial charge is 0.378 e. The van der Waals surface area contributed by atoms with Crippen LogP contribution in [0.4, 0.5) is 72.6 Å². The smallest absolute Gasteiger partial charge is 0.248 e. The van der Waals surface area contributed by atoms with Crippen molar-refractivity contribution in [3.05, 3.63) is 273 Å². The topological polar surface area (TPSA) is 296 Å². The minimum absolute atomic E-state index is 0.111. The summed E-state index contributed by atoms with van der Waals surface area (Å²) >= 11 is 0. The van der Waals surface area contributed by atoms with Crippen LogP contribution in [0.1, 0.15) is 20.8 Å². The standard InChI is InChI=1S/C23H27N7.C22H20FN5O2.C22H20N4O3S.C21H23N7/c1-17(2)28-11-13-29(14-12-28)20-5-3-19(4-6-20)27-21-7-8-22(18-15-25-26-16-18)30-10-9-24-23(21)30;23-17-14-16(1-3-20(17)27-9-11-30-12-10-27)26-18-2-4-19(28-8-7-25-22(18)28)15-5-6-24-21(29)13-15;1-15(27)24-17-5-3-16(4-6-17)21-12-11-20(22-23-13-14-26(21)22)25-18-7-9-19(10-8-18)30(2,28)29;1-26-10-12-27(13-11-26)18-4-2-17(3-5-18)25-19-6-7-20(16-14-23-24-15-16)28-9-8-22-21(19)28/h3-10,15-17,27H,11-14H2,1-2H3,(H,25,26);1-8,13-14,26H,9-12H2,(H,24,29);3-14,25H,1-2H3,(H,24,27);2-9,14-15,25H,10-13H2,1H3,(H,23,24). The predicted octanol–water partition coefficient (Wildman–Crippen LogP) is 14.7. The van der Waals surface area contributed by atoms with Gasteiger partial charge in [-0.25, -0.2) is 32.7 Å². The van der Waals surface area contributed by atoms with Crippen LogP contribution in [0.3, 0.4) is 0 Å². The maximum atomic E-state index is 14.7. The summed E-state index contributed by atoms with van der Waals surface area (Å²) in [4.78, 5) is 55.6. The highest BCUT2D eigenvalue weighted by atomic mass is 32.2. The van der Waals surface area contributed by atoms with E-state index in [9.17, 15) is 22.4 Å². The van der Waals surface area contributed by atoms with Crippen LogP contribution in [0, 0.1) is 5.82 Å². The number of amides is 1. The Balaban J connectivity index is 0.000000118. The third kappa shape index (κ3) is 17.9. The Morgan fingerprint density at radius 2 is 0.881 bits per heavy atom. The number of rotatable bonds is 18. The first-order chi connectivity index (χ1) is 57.5. The number of likely N-dealkylation sites (N-methyl/N-ethyl adjacent to an activating group) is 1. The molecule has 11 aromatic heterocycles. The van der Waals surface area contributed by atoms with Crippen LogP contribution in [0.15, 0.2) is 266 Å². The minimum atomic E-state index is -3.23. The summed E-state index contributed by atoms with van der Waals surface area (Å²) in [6.07, 6.45) is 24.9. The lowest BCUT2D eigenvalue weighted by atomic mass is 10.1. The molecular formula is C88H90FN23O5S. The molecule has 0 radical (unpaired) electrons. The molecule has 118 heavy (non-hydrogen) atoms. The van der Waals surface area contributed by atoms with Gasteiger partial charge in [-0.3, -0.25) is 42.3 Å². The number of morpholine rings is 1. The van der Waals surface area contributed by atoms with Crippen molar-refractivity contribution in [3.8, 4) is 45.0 Å². The Kier molecular flexibility index (Phi) is 23.1. The number of nitrogens with zero attached hydrogens (tertiary/aromatic N) is 15. The molecule has 0 atom stereocenters. The number of nitrogens with one attached hydrogen (secondary N) is 8. The van der Waals surface area contributed by atoms with Gasteiger partial charge in [0.15, 0.2) is 32.4 Å². The van der Waals surface area contributed by atoms with Gasteiger partial charge in [-0.15, -0.1) is 0 Å². The zero-order chi connectivity index (χ0) is 81.2. The summed E-state index contributed by atoms with van der Waals surface area (Å²) in [7, 11) is -1.05. The van der Waals surface area contributed by atoms with Gasteiger partial charge >= 0.3 is 0 Å². The molecule has 14 heterocycles. The van der Waals surface area contributed by atoms with Crippen LogP contribution < -0.4 is 46.8 Å². The molecule has 5 aromatic carbocycles. The van der Waals surface area contributed by atoms with Crippen molar-refractivity contribution in [2.45, 2.75) is 31.7 Å². The van der Waals surface area contributed by atoms with E-state index in [1.165, 1.54) is 30.6 Å². The van der Waals surface area contributed by atoms with Gasteiger partial charge in [0, 0.05) is 215 Å². The zero-order valence-electron chi connectivity index (χ0n) is 65.8. The number of benzene rings is 5. The van der Waals surface area contributed by atoms with Crippen molar-refractivity contribution in [1.29, 1.82) is 0 Å². The number of H-pyrrole nitrogens is 3. The second kappa shape index (κ2) is 35.0. The zero-order valence-corrected chi connectivity index (χ0v) is 66.7. The predicted molar refractivity (Wildman–Crippen MR) is 465 cm³/mol. The lowest BCUT2D eigenvalue weighted by Gasteiger charge is -2.38. The molecular weight excluding hydrogens is 1510 g/mol. The molecule has 28 nitrogen and oxygen atoms in total. The number of aromatic amines is 3. The Morgan fingerprint density at radius 3 is 1.30 bits per heavy atom. The van der Waals surface area contributed by atoms with Gasteiger partial charge in [0.25, 0.3) is 0 Å². The molecule has 3 aliphatic rings. The second-order valence-corrected chi connectivity index (χ2v) is 31.3. The SMILES string of the molecule is CC(=O)Nc1ccc(-c2ccc(Nc3ccc(S(C)(=O)=O)cc3)c3nccn23)cc1.CC(C)N1CCN(c2ccc(Nc3ccc(-c4cn[nH]c4)n4ccnc34)cc2)CC1.CN1CCN(c2ccc(Nc3ccc(-c4cn[nH]c4)n4ccnc34)cc2)CC1.O=c1cc(-c2ccc(Nc3ccc(N4CCOCC4)c(F)c3)c3nccn23)cc[nH]1. The molecule has 3 aliphatic heterocycles. The van der Waals surface area contributed by atoms with Gasteiger partial charge < -0.3 is 55.9 Å². The molecule has 16 aromatic rings. The molecule has 0 aliphatic carbocycles. The number of aromatic nitrogens is 13. The third-order valence-corrected chi connectivity index (χ3v) is 22.2. The van der Waals surface area contributed by atoms with Gasteiger partial charge in [0.05, 0.1) is 81.7 Å². The molecule has 0 bridgehead atoms. The highest BCUT2D eigenvalue weighted by molar-refractivity contribution is 7.90. The van der Waals surface area contributed by atoms with Crippen LogP contribution in [0.25, 0.3) is 67.6 Å². The van der Waals surface area contributed by atoms with Crippen LogP contribution >= 0.6 is 0 Å².